The molecule has 1 aliphatic heterocycles. The van der Waals surface area contributed by atoms with Crippen LogP contribution < -0.4 is 4.74 Å². The van der Waals surface area contributed by atoms with Crippen LogP contribution in [0.1, 0.15) is 33.6 Å². The number of likely N-dealkylation sites (tertiary alicyclic amines) is 1. The highest BCUT2D eigenvalue weighted by Crippen LogP contribution is 2.21. The van der Waals surface area contributed by atoms with Gasteiger partial charge in [-0.3, -0.25) is 0 Å². The van der Waals surface area contributed by atoms with Gasteiger partial charge >= 0.3 is 6.09 Å². The summed E-state index contributed by atoms with van der Waals surface area (Å²) in [6.45, 7) is 7.39. The standard InChI is InChI=1S/C17H24FNO3/c1-17(2,3)22-16(20)19-9-5-6-13(11-19)12-21-15-8-4-7-14(18)10-15/h4,7-8,10,13H,5-6,9,11-12H2,1-3H3. The minimum Gasteiger partial charge on any atom is -0.493 e. The summed E-state index contributed by atoms with van der Waals surface area (Å²) in [6, 6.07) is 6.11. The number of rotatable bonds is 3. The summed E-state index contributed by atoms with van der Waals surface area (Å²) in [5.41, 5.74) is -0.484. The van der Waals surface area contributed by atoms with E-state index in [1.165, 1.54) is 12.1 Å². The summed E-state index contributed by atoms with van der Waals surface area (Å²) in [5, 5.41) is 0. The number of hydrogen-bond donors (Lipinski definition) is 0. The first-order chi connectivity index (χ1) is 10.3. The van der Waals surface area contributed by atoms with Crippen LogP contribution in [0.3, 0.4) is 0 Å². The molecule has 0 N–H and O–H groups in total. The Kier molecular flexibility index (Phi) is 5.27. The van der Waals surface area contributed by atoms with Gasteiger partial charge in [0, 0.05) is 25.1 Å². The van der Waals surface area contributed by atoms with E-state index in [9.17, 15) is 9.18 Å². The van der Waals surface area contributed by atoms with Crippen LogP contribution in [0.5, 0.6) is 5.75 Å². The summed E-state index contributed by atoms with van der Waals surface area (Å²) in [4.78, 5) is 13.8. The fourth-order valence-corrected chi connectivity index (χ4v) is 2.46. The summed E-state index contributed by atoms with van der Waals surface area (Å²) in [6.07, 6.45) is 1.65. The topological polar surface area (TPSA) is 38.8 Å². The van der Waals surface area contributed by atoms with Gasteiger partial charge in [0.2, 0.25) is 0 Å². The maximum atomic E-state index is 13.1. The number of benzene rings is 1. The predicted octanol–water partition coefficient (Wildman–Crippen LogP) is 3.85. The molecule has 0 aromatic heterocycles. The van der Waals surface area contributed by atoms with Crippen molar-refractivity contribution in [1.82, 2.24) is 4.90 Å². The minimum absolute atomic E-state index is 0.240. The van der Waals surface area contributed by atoms with Crippen LogP contribution in [0.15, 0.2) is 24.3 Å². The number of hydrogen-bond acceptors (Lipinski definition) is 3. The second kappa shape index (κ2) is 6.99. The van der Waals surface area contributed by atoms with Crippen LogP contribution >= 0.6 is 0 Å². The van der Waals surface area contributed by atoms with Gasteiger partial charge < -0.3 is 14.4 Å². The summed E-state index contributed by atoms with van der Waals surface area (Å²) >= 11 is 0. The number of nitrogens with zero attached hydrogens (tertiary/aromatic N) is 1. The van der Waals surface area contributed by atoms with Crippen molar-refractivity contribution in [3.05, 3.63) is 30.1 Å². The van der Waals surface area contributed by atoms with Crippen molar-refractivity contribution >= 4 is 6.09 Å². The van der Waals surface area contributed by atoms with E-state index in [4.69, 9.17) is 9.47 Å². The van der Waals surface area contributed by atoms with Crippen LogP contribution in [0, 0.1) is 11.7 Å². The molecule has 1 aromatic rings. The fraction of sp³-hybridized carbons (Fsp3) is 0.588. The molecule has 0 radical (unpaired) electrons. The van der Waals surface area contributed by atoms with E-state index >= 15 is 0 Å². The van der Waals surface area contributed by atoms with Crippen molar-refractivity contribution in [3.8, 4) is 5.75 Å². The average molecular weight is 309 g/mol. The molecule has 22 heavy (non-hydrogen) atoms. The smallest absolute Gasteiger partial charge is 0.410 e. The molecule has 122 valence electrons. The summed E-state index contributed by atoms with van der Waals surface area (Å²) in [7, 11) is 0. The van der Waals surface area contributed by atoms with Crippen molar-refractivity contribution in [2.45, 2.75) is 39.2 Å². The first-order valence-corrected chi connectivity index (χ1v) is 7.70. The van der Waals surface area contributed by atoms with E-state index < -0.39 is 5.60 Å². The molecule has 1 saturated heterocycles. The van der Waals surface area contributed by atoms with Gasteiger partial charge in [0.05, 0.1) is 6.61 Å². The Balaban J connectivity index is 1.84. The zero-order valence-electron chi connectivity index (χ0n) is 13.5. The van der Waals surface area contributed by atoms with E-state index in [1.54, 1.807) is 17.0 Å². The lowest BCUT2D eigenvalue weighted by Gasteiger charge is -2.34. The van der Waals surface area contributed by atoms with E-state index in [1.807, 2.05) is 20.8 Å². The molecule has 1 aliphatic rings. The quantitative estimate of drug-likeness (QED) is 0.851. The van der Waals surface area contributed by atoms with Gasteiger partial charge in [-0.25, -0.2) is 9.18 Å². The van der Waals surface area contributed by atoms with Crippen LogP contribution in [-0.4, -0.2) is 36.3 Å². The van der Waals surface area contributed by atoms with Gasteiger partial charge in [0.1, 0.15) is 17.2 Å². The molecule has 0 aliphatic carbocycles. The molecule has 0 bridgehead atoms. The van der Waals surface area contributed by atoms with Crippen molar-refractivity contribution in [2.24, 2.45) is 5.92 Å². The Morgan fingerprint density at radius 3 is 2.86 bits per heavy atom. The zero-order valence-corrected chi connectivity index (χ0v) is 13.5. The lowest BCUT2D eigenvalue weighted by molar-refractivity contribution is 0.0139. The highest BCUT2D eigenvalue weighted by atomic mass is 19.1. The Morgan fingerprint density at radius 2 is 2.18 bits per heavy atom. The molecular formula is C17H24FNO3. The number of carbonyl (C=O) groups is 1. The molecule has 1 heterocycles. The van der Waals surface area contributed by atoms with Gasteiger partial charge in [0.15, 0.2) is 0 Å². The molecule has 4 nitrogen and oxygen atoms in total. The Bertz CT molecular complexity index is 513. The fourth-order valence-electron chi connectivity index (χ4n) is 2.46. The van der Waals surface area contributed by atoms with E-state index in [0.717, 1.165) is 12.8 Å². The first-order valence-electron chi connectivity index (χ1n) is 7.70. The van der Waals surface area contributed by atoms with Crippen molar-refractivity contribution in [3.63, 3.8) is 0 Å². The molecule has 0 spiro atoms. The molecule has 1 fully saturated rings. The summed E-state index contributed by atoms with van der Waals surface area (Å²) in [5.74, 6) is 0.454. The third-order valence-electron chi connectivity index (χ3n) is 3.45. The maximum absolute atomic E-state index is 13.1. The van der Waals surface area contributed by atoms with Gasteiger partial charge in [-0.05, 0) is 45.7 Å². The molecule has 1 unspecified atom stereocenters. The van der Waals surface area contributed by atoms with Crippen LogP contribution in [0.25, 0.3) is 0 Å². The van der Waals surface area contributed by atoms with Gasteiger partial charge in [0.25, 0.3) is 0 Å². The van der Waals surface area contributed by atoms with E-state index in [2.05, 4.69) is 0 Å². The molecule has 0 saturated carbocycles. The molecule has 2 rings (SSSR count). The largest absolute Gasteiger partial charge is 0.493 e. The minimum atomic E-state index is -0.484. The zero-order chi connectivity index (χ0) is 16.2. The van der Waals surface area contributed by atoms with E-state index in [-0.39, 0.29) is 17.8 Å². The Labute approximate surface area is 131 Å². The molecule has 1 atom stereocenters. The number of ether oxygens (including phenoxy) is 2. The van der Waals surface area contributed by atoms with Crippen LogP contribution in [0.4, 0.5) is 9.18 Å². The highest BCUT2D eigenvalue weighted by molar-refractivity contribution is 5.68. The molecule has 1 aromatic carbocycles. The number of piperidine rings is 1. The van der Waals surface area contributed by atoms with Crippen LogP contribution in [0.2, 0.25) is 0 Å². The Morgan fingerprint density at radius 1 is 1.41 bits per heavy atom. The number of amides is 1. The van der Waals surface area contributed by atoms with Crippen molar-refractivity contribution in [2.75, 3.05) is 19.7 Å². The first kappa shape index (κ1) is 16.6. The van der Waals surface area contributed by atoms with Gasteiger partial charge in [-0.1, -0.05) is 6.07 Å². The molecular weight excluding hydrogens is 285 g/mol. The number of halogens is 1. The third-order valence-corrected chi connectivity index (χ3v) is 3.45. The van der Waals surface area contributed by atoms with E-state index in [0.29, 0.717) is 25.4 Å². The predicted molar refractivity (Wildman–Crippen MR) is 82.4 cm³/mol. The van der Waals surface area contributed by atoms with Crippen LogP contribution in [-0.2, 0) is 4.74 Å². The SMILES string of the molecule is CC(C)(C)OC(=O)N1CCCC(COc2cccc(F)c2)C1. The number of carbonyl (C=O) groups excluding carboxylic acids is 1. The maximum Gasteiger partial charge on any atom is 0.410 e. The lowest BCUT2D eigenvalue weighted by Crippen LogP contribution is -2.44. The van der Waals surface area contributed by atoms with Crippen molar-refractivity contribution in [1.29, 1.82) is 0 Å². The lowest BCUT2D eigenvalue weighted by atomic mass is 9.99. The molecule has 5 heteroatoms. The Hall–Kier alpha value is -1.78. The molecule has 1 amide bonds. The average Bonchev–Trinajstić information content (AvgIpc) is 2.44. The summed E-state index contributed by atoms with van der Waals surface area (Å²) < 4.78 is 24.1. The second-order valence-electron chi connectivity index (χ2n) is 6.70. The third kappa shape index (κ3) is 5.20. The monoisotopic (exact) mass is 309 g/mol. The van der Waals surface area contributed by atoms with Crippen molar-refractivity contribution < 1.29 is 18.7 Å². The second-order valence-corrected chi connectivity index (χ2v) is 6.70. The highest BCUT2D eigenvalue weighted by Gasteiger charge is 2.27. The van der Waals surface area contributed by atoms with Gasteiger partial charge in [-0.15, -0.1) is 0 Å². The van der Waals surface area contributed by atoms with Gasteiger partial charge in [-0.2, -0.15) is 0 Å². The normalized spacial score (nSPS) is 18.9.